The zero-order chi connectivity index (χ0) is 23.2. The van der Waals surface area contributed by atoms with E-state index in [2.05, 4.69) is 55.4 Å². The largest absolute Gasteiger partial charge is 0.508 e. The van der Waals surface area contributed by atoms with Crippen molar-refractivity contribution in [2.24, 2.45) is 0 Å². The normalized spacial score (nSPS) is 11.5. The Balaban J connectivity index is 2.01. The zero-order valence-electron chi connectivity index (χ0n) is 19.4. The second-order valence-corrected chi connectivity index (χ2v) is 8.75. The average molecular weight is 450 g/mol. The summed E-state index contributed by atoms with van der Waals surface area (Å²) in [4.78, 5) is 3.34. The lowest BCUT2D eigenvalue weighted by molar-refractivity contribution is 0.447. The Morgan fingerprint density at radius 3 is 2.38 bits per heavy atom. The first-order valence-corrected chi connectivity index (χ1v) is 11.7. The molecule has 0 unspecified atom stereocenters. The number of aromatic amines is 1. The fourth-order valence-corrected chi connectivity index (χ4v) is 4.97. The molecule has 2 aromatic heterocycles. The minimum atomic E-state index is 0.0411. The number of phenols is 2. The van der Waals surface area contributed by atoms with Crippen LogP contribution in [0.25, 0.3) is 27.8 Å². The number of benzene rings is 2. The van der Waals surface area contributed by atoms with Gasteiger partial charge in [-0.3, -0.25) is 4.57 Å². The van der Waals surface area contributed by atoms with Crippen molar-refractivity contribution in [1.29, 1.82) is 0 Å². The van der Waals surface area contributed by atoms with Gasteiger partial charge in [0.05, 0.1) is 5.69 Å². The van der Waals surface area contributed by atoms with Crippen LogP contribution < -0.4 is 0 Å². The molecule has 0 saturated carbocycles. The van der Waals surface area contributed by atoms with E-state index >= 15 is 0 Å². The summed E-state index contributed by atoms with van der Waals surface area (Å²) in [5.41, 5.74) is 7.99. The van der Waals surface area contributed by atoms with Gasteiger partial charge in [0.1, 0.15) is 11.5 Å². The minimum absolute atomic E-state index is 0.0411. The fourth-order valence-electron chi connectivity index (χ4n) is 4.65. The number of fused-ring (bicyclic) bond motifs is 1. The summed E-state index contributed by atoms with van der Waals surface area (Å²) < 4.78 is 4.97. The van der Waals surface area contributed by atoms with E-state index in [9.17, 15) is 10.2 Å². The average Bonchev–Trinajstić information content (AvgIpc) is 3.23. The smallest absolute Gasteiger partial charge is 0.182 e. The zero-order valence-corrected chi connectivity index (χ0v) is 20.2. The van der Waals surface area contributed by atoms with E-state index in [4.69, 9.17) is 12.2 Å². The third-order valence-electron chi connectivity index (χ3n) is 6.48. The van der Waals surface area contributed by atoms with Crippen LogP contribution in [0.5, 0.6) is 11.5 Å². The number of nitrogens with zero attached hydrogens (tertiary/aromatic N) is 2. The monoisotopic (exact) mass is 449 g/mol. The first-order valence-electron chi connectivity index (χ1n) is 11.3. The van der Waals surface area contributed by atoms with Crippen LogP contribution in [0.3, 0.4) is 0 Å². The highest BCUT2D eigenvalue weighted by molar-refractivity contribution is 7.71. The Kier molecular flexibility index (Phi) is 5.91. The van der Waals surface area contributed by atoms with Crippen molar-refractivity contribution in [1.82, 2.24) is 14.1 Å². The van der Waals surface area contributed by atoms with Gasteiger partial charge in [-0.1, -0.05) is 20.8 Å². The van der Waals surface area contributed by atoms with Crippen LogP contribution in [0, 0.1) is 18.6 Å². The van der Waals surface area contributed by atoms with Crippen LogP contribution in [0.4, 0.5) is 0 Å². The predicted molar refractivity (Wildman–Crippen MR) is 134 cm³/mol. The molecule has 168 valence electrons. The van der Waals surface area contributed by atoms with Crippen molar-refractivity contribution >= 4 is 23.1 Å². The van der Waals surface area contributed by atoms with Gasteiger partial charge in [0.15, 0.2) is 4.77 Å². The molecule has 0 saturated heterocycles. The van der Waals surface area contributed by atoms with Gasteiger partial charge in [-0.15, -0.1) is 0 Å². The van der Waals surface area contributed by atoms with Gasteiger partial charge in [0, 0.05) is 46.2 Å². The van der Waals surface area contributed by atoms with Crippen LogP contribution in [0.2, 0.25) is 0 Å². The molecule has 2 heterocycles. The SMILES string of the molecule is CCCn1c(C)c(C)c2cc(-n3c(-c4cc(CC)c(O)cc4O)c(CC)[nH]c3=S)ccc21. The van der Waals surface area contributed by atoms with E-state index in [-0.39, 0.29) is 11.5 Å². The number of hydrogen-bond acceptors (Lipinski definition) is 3. The van der Waals surface area contributed by atoms with Crippen molar-refractivity contribution in [2.45, 2.75) is 60.4 Å². The van der Waals surface area contributed by atoms with Gasteiger partial charge in [0.2, 0.25) is 0 Å². The molecular weight excluding hydrogens is 418 g/mol. The molecule has 32 heavy (non-hydrogen) atoms. The standard InChI is InChI=1S/C26H31N3O2S/c1-6-11-28-16(5)15(4)19-13-18(9-10-22(19)28)29-25(21(8-3)27-26(29)32)20-12-17(7-2)23(30)14-24(20)31/h9-10,12-14,30-31H,6-8,11H2,1-5H3,(H,27,32). The lowest BCUT2D eigenvalue weighted by atomic mass is 10.0. The molecule has 0 atom stereocenters. The van der Waals surface area contributed by atoms with E-state index in [1.165, 1.54) is 28.2 Å². The lowest BCUT2D eigenvalue weighted by Crippen LogP contribution is -2.01. The number of rotatable bonds is 6. The molecule has 0 spiro atoms. The summed E-state index contributed by atoms with van der Waals surface area (Å²) >= 11 is 5.74. The molecular formula is C26H31N3O2S. The Bertz CT molecular complexity index is 1370. The van der Waals surface area contributed by atoms with Crippen LogP contribution in [-0.4, -0.2) is 24.3 Å². The molecule has 0 aliphatic rings. The molecule has 0 fully saturated rings. The maximum atomic E-state index is 10.8. The molecule has 0 amide bonds. The van der Waals surface area contributed by atoms with E-state index in [0.717, 1.165) is 42.0 Å². The summed E-state index contributed by atoms with van der Waals surface area (Å²) in [5, 5.41) is 22.2. The topological polar surface area (TPSA) is 66.1 Å². The Morgan fingerprint density at radius 2 is 1.72 bits per heavy atom. The van der Waals surface area contributed by atoms with Crippen LogP contribution in [0.15, 0.2) is 30.3 Å². The van der Waals surface area contributed by atoms with Crippen LogP contribution in [-0.2, 0) is 19.4 Å². The van der Waals surface area contributed by atoms with Crippen molar-refractivity contribution in [3.05, 3.63) is 57.6 Å². The predicted octanol–water partition coefficient (Wildman–Crippen LogP) is 6.72. The van der Waals surface area contributed by atoms with Gasteiger partial charge in [-0.2, -0.15) is 0 Å². The van der Waals surface area contributed by atoms with Gasteiger partial charge in [-0.25, -0.2) is 0 Å². The molecule has 2 aromatic carbocycles. The first-order chi connectivity index (χ1) is 15.3. The molecule has 0 aliphatic carbocycles. The number of H-pyrrole nitrogens is 1. The highest BCUT2D eigenvalue weighted by atomic mass is 32.1. The molecule has 0 radical (unpaired) electrons. The first kappa shape index (κ1) is 22.2. The summed E-state index contributed by atoms with van der Waals surface area (Å²) in [6.07, 6.45) is 2.49. The lowest BCUT2D eigenvalue weighted by Gasteiger charge is -2.14. The number of nitrogens with one attached hydrogen (secondary N) is 1. The van der Waals surface area contributed by atoms with Crippen molar-refractivity contribution in [3.8, 4) is 28.4 Å². The Hall–Kier alpha value is -2.99. The number of imidazole rings is 1. The Morgan fingerprint density at radius 1 is 0.969 bits per heavy atom. The maximum absolute atomic E-state index is 10.8. The summed E-state index contributed by atoms with van der Waals surface area (Å²) in [5.74, 6) is 0.150. The van der Waals surface area contributed by atoms with E-state index in [0.29, 0.717) is 16.8 Å². The van der Waals surface area contributed by atoms with Gasteiger partial charge in [-0.05, 0) is 80.7 Å². The fraction of sp³-hybridized carbons (Fsp3) is 0.346. The third kappa shape index (κ3) is 3.43. The van der Waals surface area contributed by atoms with Crippen LogP contribution >= 0.6 is 12.2 Å². The maximum Gasteiger partial charge on any atom is 0.182 e. The highest BCUT2D eigenvalue weighted by Crippen LogP contribution is 2.39. The second kappa shape index (κ2) is 8.51. The van der Waals surface area contributed by atoms with Gasteiger partial charge >= 0.3 is 0 Å². The Labute approximate surface area is 194 Å². The van der Waals surface area contributed by atoms with Crippen LogP contribution in [0.1, 0.15) is 49.7 Å². The quantitative estimate of drug-likeness (QED) is 0.286. The molecule has 3 N–H and O–H groups in total. The molecule has 0 aliphatic heterocycles. The molecule has 0 bridgehead atoms. The second-order valence-electron chi connectivity index (χ2n) is 8.36. The molecule has 5 nitrogen and oxygen atoms in total. The number of aromatic nitrogens is 3. The summed E-state index contributed by atoms with van der Waals surface area (Å²) in [6.45, 7) is 11.6. The summed E-state index contributed by atoms with van der Waals surface area (Å²) in [7, 11) is 0. The third-order valence-corrected chi connectivity index (χ3v) is 6.77. The number of hydrogen-bond donors (Lipinski definition) is 3. The van der Waals surface area contributed by atoms with Crippen molar-refractivity contribution < 1.29 is 10.2 Å². The highest BCUT2D eigenvalue weighted by Gasteiger charge is 2.20. The summed E-state index contributed by atoms with van der Waals surface area (Å²) in [6, 6.07) is 9.74. The van der Waals surface area contributed by atoms with Gasteiger partial charge in [0.25, 0.3) is 0 Å². The van der Waals surface area contributed by atoms with Crippen molar-refractivity contribution in [2.75, 3.05) is 0 Å². The number of aromatic hydroxyl groups is 2. The molecule has 4 aromatic rings. The number of aryl methyl sites for hydroxylation is 4. The van der Waals surface area contributed by atoms with E-state index in [1.54, 1.807) is 0 Å². The van der Waals surface area contributed by atoms with E-state index < -0.39 is 0 Å². The molecule has 4 rings (SSSR count). The minimum Gasteiger partial charge on any atom is -0.508 e. The van der Waals surface area contributed by atoms with Gasteiger partial charge < -0.3 is 19.8 Å². The number of phenolic OH excluding ortho intramolecular Hbond substituents is 2. The van der Waals surface area contributed by atoms with E-state index in [1.807, 2.05) is 17.6 Å². The molecule has 6 heteroatoms. The van der Waals surface area contributed by atoms with Crippen molar-refractivity contribution in [3.63, 3.8) is 0 Å².